The Morgan fingerprint density at radius 1 is 1.53 bits per heavy atom. The number of primary amides is 1. The van der Waals surface area contributed by atoms with Gasteiger partial charge in [0.1, 0.15) is 5.82 Å². The van der Waals surface area contributed by atoms with E-state index in [0.29, 0.717) is 5.69 Å². The molecule has 0 radical (unpaired) electrons. The fraction of sp³-hybridized carbons (Fsp3) is 0.273. The molecule has 6 heteroatoms. The van der Waals surface area contributed by atoms with Crippen LogP contribution in [0.5, 0.6) is 0 Å². The number of halogens is 2. The van der Waals surface area contributed by atoms with Crippen molar-refractivity contribution in [3.8, 4) is 0 Å². The van der Waals surface area contributed by atoms with E-state index in [9.17, 15) is 14.0 Å². The van der Waals surface area contributed by atoms with Gasteiger partial charge in [-0.1, -0.05) is 6.07 Å². The molecule has 0 saturated carbocycles. The Morgan fingerprint density at radius 2 is 2.24 bits per heavy atom. The SMILES string of the molecule is NC(=O)C1CC(=O)N(c2cccc(F)c2Br)C1. The van der Waals surface area contributed by atoms with E-state index in [1.165, 1.54) is 17.0 Å². The maximum absolute atomic E-state index is 13.3. The molecule has 1 aromatic rings. The molecule has 0 bridgehead atoms. The molecule has 2 N–H and O–H groups in total. The van der Waals surface area contributed by atoms with Gasteiger partial charge >= 0.3 is 0 Å². The number of rotatable bonds is 2. The molecule has 0 aliphatic carbocycles. The molecule has 2 rings (SSSR count). The Morgan fingerprint density at radius 3 is 2.82 bits per heavy atom. The van der Waals surface area contributed by atoms with Gasteiger partial charge in [0.05, 0.1) is 16.1 Å². The molecule has 1 atom stereocenters. The number of benzene rings is 1. The van der Waals surface area contributed by atoms with Gasteiger partial charge in [0.2, 0.25) is 11.8 Å². The number of nitrogens with zero attached hydrogens (tertiary/aromatic N) is 1. The smallest absolute Gasteiger partial charge is 0.227 e. The van der Waals surface area contributed by atoms with Crippen molar-refractivity contribution in [1.82, 2.24) is 0 Å². The first-order valence-electron chi connectivity index (χ1n) is 5.04. The molecule has 0 aromatic heterocycles. The lowest BCUT2D eigenvalue weighted by atomic mass is 10.1. The van der Waals surface area contributed by atoms with Gasteiger partial charge in [-0.25, -0.2) is 4.39 Å². The van der Waals surface area contributed by atoms with Crippen molar-refractivity contribution in [2.45, 2.75) is 6.42 Å². The van der Waals surface area contributed by atoms with Gasteiger partial charge in [-0.15, -0.1) is 0 Å². The van der Waals surface area contributed by atoms with Crippen molar-refractivity contribution >= 4 is 33.4 Å². The number of carbonyl (C=O) groups excluding carboxylic acids is 2. The quantitative estimate of drug-likeness (QED) is 0.898. The summed E-state index contributed by atoms with van der Waals surface area (Å²) in [6.45, 7) is 0.205. The second-order valence-electron chi connectivity index (χ2n) is 3.88. The van der Waals surface area contributed by atoms with Crippen LogP contribution in [0.2, 0.25) is 0 Å². The third-order valence-corrected chi connectivity index (χ3v) is 3.53. The van der Waals surface area contributed by atoms with Crippen LogP contribution in [0.1, 0.15) is 6.42 Å². The highest BCUT2D eigenvalue weighted by atomic mass is 79.9. The third-order valence-electron chi connectivity index (χ3n) is 2.75. The summed E-state index contributed by atoms with van der Waals surface area (Å²) in [6.07, 6.45) is 0.0816. The van der Waals surface area contributed by atoms with Gasteiger partial charge in [0.25, 0.3) is 0 Å². The summed E-state index contributed by atoms with van der Waals surface area (Å²) in [4.78, 5) is 24.1. The lowest BCUT2D eigenvalue weighted by molar-refractivity contribution is -0.123. The number of nitrogens with two attached hydrogens (primary N) is 1. The lowest BCUT2D eigenvalue weighted by Gasteiger charge is -2.18. The van der Waals surface area contributed by atoms with Crippen molar-refractivity contribution in [2.75, 3.05) is 11.4 Å². The van der Waals surface area contributed by atoms with Gasteiger partial charge in [0.15, 0.2) is 0 Å². The van der Waals surface area contributed by atoms with E-state index < -0.39 is 17.6 Å². The molecule has 1 heterocycles. The minimum Gasteiger partial charge on any atom is -0.369 e. The van der Waals surface area contributed by atoms with Crippen molar-refractivity contribution < 1.29 is 14.0 Å². The molecule has 90 valence electrons. The van der Waals surface area contributed by atoms with Crippen LogP contribution in [0.4, 0.5) is 10.1 Å². The van der Waals surface area contributed by atoms with Crippen molar-refractivity contribution in [3.05, 3.63) is 28.5 Å². The Labute approximate surface area is 106 Å². The van der Waals surface area contributed by atoms with E-state index in [2.05, 4.69) is 15.9 Å². The molecule has 4 nitrogen and oxygen atoms in total. The maximum Gasteiger partial charge on any atom is 0.227 e. The van der Waals surface area contributed by atoms with Crippen molar-refractivity contribution in [2.24, 2.45) is 11.7 Å². The average molecular weight is 301 g/mol. The molecular weight excluding hydrogens is 291 g/mol. The zero-order valence-electron chi connectivity index (χ0n) is 8.82. The van der Waals surface area contributed by atoms with Crippen molar-refractivity contribution in [1.29, 1.82) is 0 Å². The molecule has 1 aliphatic rings. The largest absolute Gasteiger partial charge is 0.369 e. The van der Waals surface area contributed by atoms with E-state index in [0.717, 1.165) is 0 Å². The number of anilines is 1. The maximum atomic E-state index is 13.3. The Balaban J connectivity index is 2.32. The predicted octanol–water partition coefficient (Wildman–Crippen LogP) is 1.43. The summed E-state index contributed by atoms with van der Waals surface area (Å²) in [6, 6.07) is 4.43. The second kappa shape index (κ2) is 4.44. The first-order chi connectivity index (χ1) is 8.00. The van der Waals surface area contributed by atoms with Crippen LogP contribution < -0.4 is 10.6 Å². The van der Waals surface area contributed by atoms with E-state index >= 15 is 0 Å². The monoisotopic (exact) mass is 300 g/mol. The van der Waals surface area contributed by atoms with Crippen LogP contribution in [-0.4, -0.2) is 18.4 Å². The summed E-state index contributed by atoms with van der Waals surface area (Å²) < 4.78 is 13.6. The van der Waals surface area contributed by atoms with E-state index in [1.807, 2.05) is 0 Å². The average Bonchev–Trinajstić information content (AvgIpc) is 2.65. The normalized spacial score (nSPS) is 19.8. The van der Waals surface area contributed by atoms with Crippen LogP contribution in [0.15, 0.2) is 22.7 Å². The second-order valence-corrected chi connectivity index (χ2v) is 4.67. The third kappa shape index (κ3) is 2.17. The number of carbonyl (C=O) groups is 2. The number of hydrogen-bond acceptors (Lipinski definition) is 2. The summed E-state index contributed by atoms with van der Waals surface area (Å²) in [7, 11) is 0. The molecule has 0 spiro atoms. The van der Waals surface area contributed by atoms with Crippen LogP contribution >= 0.6 is 15.9 Å². The van der Waals surface area contributed by atoms with Crippen molar-refractivity contribution in [3.63, 3.8) is 0 Å². The van der Waals surface area contributed by atoms with Gasteiger partial charge in [-0.3, -0.25) is 9.59 Å². The summed E-state index contributed by atoms with van der Waals surface area (Å²) in [5, 5.41) is 0. The zero-order valence-corrected chi connectivity index (χ0v) is 10.4. The fourth-order valence-electron chi connectivity index (χ4n) is 1.83. The molecule has 1 unspecified atom stereocenters. The molecule has 1 aliphatic heterocycles. The Kier molecular flexibility index (Phi) is 3.15. The Bertz CT molecular complexity index is 492. The minimum absolute atomic E-state index is 0.0816. The van der Waals surface area contributed by atoms with Crippen LogP contribution in [0.25, 0.3) is 0 Å². The number of hydrogen-bond donors (Lipinski definition) is 1. The zero-order chi connectivity index (χ0) is 12.6. The van der Waals surface area contributed by atoms with E-state index in [1.54, 1.807) is 6.07 Å². The number of amides is 2. The van der Waals surface area contributed by atoms with Gasteiger partial charge in [0, 0.05) is 13.0 Å². The minimum atomic E-state index is -0.506. The topological polar surface area (TPSA) is 63.4 Å². The molecule has 1 saturated heterocycles. The molecular formula is C11H10BrFN2O2. The van der Waals surface area contributed by atoms with E-state index in [-0.39, 0.29) is 23.3 Å². The molecule has 1 fully saturated rings. The highest BCUT2D eigenvalue weighted by molar-refractivity contribution is 9.10. The molecule has 1 aromatic carbocycles. The summed E-state index contributed by atoms with van der Waals surface area (Å²) in [5.74, 6) is -1.68. The van der Waals surface area contributed by atoms with Gasteiger partial charge < -0.3 is 10.6 Å². The standard InChI is InChI=1S/C11H10BrFN2O2/c12-10-7(13)2-1-3-8(10)15-5-6(11(14)17)4-9(15)16/h1-3,6H,4-5H2,(H2,14,17). The predicted molar refractivity (Wildman–Crippen MR) is 63.8 cm³/mol. The van der Waals surface area contributed by atoms with Crippen LogP contribution in [0, 0.1) is 11.7 Å². The van der Waals surface area contributed by atoms with Crippen LogP contribution in [0.3, 0.4) is 0 Å². The van der Waals surface area contributed by atoms with Gasteiger partial charge in [-0.05, 0) is 28.1 Å². The lowest BCUT2D eigenvalue weighted by Crippen LogP contribution is -2.28. The van der Waals surface area contributed by atoms with E-state index in [4.69, 9.17) is 5.73 Å². The van der Waals surface area contributed by atoms with Crippen LogP contribution in [-0.2, 0) is 9.59 Å². The fourth-order valence-corrected chi connectivity index (χ4v) is 2.31. The first kappa shape index (κ1) is 12.0. The Hall–Kier alpha value is -1.43. The highest BCUT2D eigenvalue weighted by Gasteiger charge is 2.34. The van der Waals surface area contributed by atoms with Gasteiger partial charge in [-0.2, -0.15) is 0 Å². The summed E-state index contributed by atoms with van der Waals surface area (Å²) >= 11 is 3.09. The highest BCUT2D eigenvalue weighted by Crippen LogP contribution is 2.32. The molecule has 17 heavy (non-hydrogen) atoms. The first-order valence-corrected chi connectivity index (χ1v) is 5.83. The summed E-state index contributed by atoms with van der Waals surface area (Å²) in [5.41, 5.74) is 5.59. The molecule has 2 amide bonds.